The SMILES string of the molecule is Cc1cc(C)cc(OCC(=O)NCC(c2cccs2)N2CCCCCC2)c1. The third kappa shape index (κ3) is 6.08. The molecular weight excluding hydrogens is 356 g/mol. The van der Waals surface area contributed by atoms with Crippen LogP contribution in [0.1, 0.15) is 47.7 Å². The second-order valence-corrected chi connectivity index (χ2v) is 8.38. The topological polar surface area (TPSA) is 41.6 Å². The molecule has 1 fully saturated rings. The van der Waals surface area contributed by atoms with Gasteiger partial charge in [0.15, 0.2) is 6.61 Å². The molecule has 5 heteroatoms. The maximum Gasteiger partial charge on any atom is 0.258 e. The zero-order valence-corrected chi connectivity index (χ0v) is 17.2. The van der Waals surface area contributed by atoms with Crippen molar-refractivity contribution in [2.75, 3.05) is 26.2 Å². The lowest BCUT2D eigenvalue weighted by Gasteiger charge is -2.30. The van der Waals surface area contributed by atoms with E-state index < -0.39 is 0 Å². The molecule has 0 spiro atoms. The van der Waals surface area contributed by atoms with Gasteiger partial charge in [-0.05, 0) is 74.5 Å². The van der Waals surface area contributed by atoms with Gasteiger partial charge >= 0.3 is 0 Å². The Balaban J connectivity index is 1.55. The van der Waals surface area contributed by atoms with Crippen LogP contribution in [0.25, 0.3) is 0 Å². The lowest BCUT2D eigenvalue weighted by molar-refractivity contribution is -0.123. The monoisotopic (exact) mass is 386 g/mol. The smallest absolute Gasteiger partial charge is 0.258 e. The zero-order chi connectivity index (χ0) is 19.1. The molecular formula is C22H30N2O2S. The molecule has 1 N–H and O–H groups in total. The summed E-state index contributed by atoms with van der Waals surface area (Å²) in [6, 6.07) is 10.6. The fraction of sp³-hybridized carbons (Fsp3) is 0.500. The molecule has 0 radical (unpaired) electrons. The van der Waals surface area contributed by atoms with Gasteiger partial charge in [-0.25, -0.2) is 0 Å². The number of benzene rings is 1. The Morgan fingerprint density at radius 2 is 1.85 bits per heavy atom. The first kappa shape index (κ1) is 19.9. The Morgan fingerprint density at radius 3 is 2.48 bits per heavy atom. The second-order valence-electron chi connectivity index (χ2n) is 7.40. The molecule has 0 bridgehead atoms. The number of nitrogens with one attached hydrogen (secondary N) is 1. The third-order valence-electron chi connectivity index (χ3n) is 5.01. The summed E-state index contributed by atoms with van der Waals surface area (Å²) >= 11 is 1.77. The first-order valence-corrected chi connectivity index (χ1v) is 10.7. The summed E-state index contributed by atoms with van der Waals surface area (Å²) in [6.07, 6.45) is 5.10. The lowest BCUT2D eigenvalue weighted by Crippen LogP contribution is -2.39. The molecule has 2 aromatic rings. The van der Waals surface area contributed by atoms with Crippen molar-refractivity contribution in [3.05, 3.63) is 51.7 Å². The summed E-state index contributed by atoms with van der Waals surface area (Å²) in [7, 11) is 0. The van der Waals surface area contributed by atoms with E-state index in [1.54, 1.807) is 11.3 Å². The summed E-state index contributed by atoms with van der Waals surface area (Å²) in [5.41, 5.74) is 2.29. The van der Waals surface area contributed by atoms with E-state index in [9.17, 15) is 4.79 Å². The fourth-order valence-electron chi connectivity index (χ4n) is 3.72. The first-order valence-electron chi connectivity index (χ1n) is 9.87. The number of carbonyl (C=O) groups is 1. The number of amides is 1. The molecule has 1 aromatic heterocycles. The van der Waals surface area contributed by atoms with E-state index in [1.807, 2.05) is 26.0 Å². The van der Waals surface area contributed by atoms with Crippen molar-refractivity contribution in [3.63, 3.8) is 0 Å². The number of aryl methyl sites for hydroxylation is 2. The number of ether oxygens (including phenoxy) is 1. The molecule has 0 saturated carbocycles. The van der Waals surface area contributed by atoms with Crippen LogP contribution in [-0.4, -0.2) is 37.0 Å². The highest BCUT2D eigenvalue weighted by atomic mass is 32.1. The fourth-order valence-corrected chi connectivity index (χ4v) is 4.58. The van der Waals surface area contributed by atoms with Crippen molar-refractivity contribution in [2.24, 2.45) is 0 Å². The Labute approximate surface area is 166 Å². The third-order valence-corrected chi connectivity index (χ3v) is 5.98. The Hall–Kier alpha value is -1.85. The van der Waals surface area contributed by atoms with Gasteiger partial charge in [-0.15, -0.1) is 11.3 Å². The van der Waals surface area contributed by atoms with Gasteiger partial charge in [0.2, 0.25) is 0 Å². The summed E-state index contributed by atoms with van der Waals surface area (Å²) in [4.78, 5) is 16.2. The maximum absolute atomic E-state index is 12.4. The van der Waals surface area contributed by atoms with Gasteiger partial charge in [-0.3, -0.25) is 9.69 Å². The molecule has 1 saturated heterocycles. The number of carbonyl (C=O) groups excluding carboxylic acids is 1. The first-order chi connectivity index (χ1) is 13.1. The number of likely N-dealkylation sites (tertiary alicyclic amines) is 1. The molecule has 0 aliphatic carbocycles. The summed E-state index contributed by atoms with van der Waals surface area (Å²) in [5.74, 6) is 0.690. The Bertz CT molecular complexity index is 702. The normalized spacial score (nSPS) is 16.5. The molecule has 1 aliphatic heterocycles. The molecule has 4 nitrogen and oxygen atoms in total. The molecule has 1 aliphatic rings. The van der Waals surface area contributed by atoms with Crippen molar-refractivity contribution < 1.29 is 9.53 Å². The van der Waals surface area contributed by atoms with E-state index in [0.717, 1.165) is 30.0 Å². The highest BCUT2D eigenvalue weighted by molar-refractivity contribution is 7.10. The van der Waals surface area contributed by atoms with Gasteiger partial charge in [-0.1, -0.05) is 25.0 Å². The van der Waals surface area contributed by atoms with Gasteiger partial charge in [0, 0.05) is 11.4 Å². The van der Waals surface area contributed by atoms with Gasteiger partial charge in [0.25, 0.3) is 5.91 Å². The van der Waals surface area contributed by atoms with Crippen molar-refractivity contribution >= 4 is 17.2 Å². The molecule has 1 atom stereocenters. The zero-order valence-electron chi connectivity index (χ0n) is 16.4. The predicted octanol–water partition coefficient (Wildman–Crippen LogP) is 4.48. The number of nitrogens with zero attached hydrogens (tertiary/aromatic N) is 1. The highest BCUT2D eigenvalue weighted by Crippen LogP contribution is 2.27. The number of rotatable bonds is 7. The molecule has 3 rings (SSSR count). The van der Waals surface area contributed by atoms with Gasteiger partial charge in [0.05, 0.1) is 6.04 Å². The molecule has 1 aromatic carbocycles. The largest absolute Gasteiger partial charge is 0.484 e. The summed E-state index contributed by atoms with van der Waals surface area (Å²) < 4.78 is 5.69. The lowest BCUT2D eigenvalue weighted by atomic mass is 10.1. The number of hydrogen-bond donors (Lipinski definition) is 1. The van der Waals surface area contributed by atoms with Crippen molar-refractivity contribution in [3.8, 4) is 5.75 Å². The Morgan fingerprint density at radius 1 is 1.15 bits per heavy atom. The molecule has 1 unspecified atom stereocenters. The summed E-state index contributed by atoms with van der Waals surface area (Å²) in [5, 5.41) is 5.21. The van der Waals surface area contributed by atoms with Gasteiger partial charge in [-0.2, -0.15) is 0 Å². The maximum atomic E-state index is 12.4. The second kappa shape index (κ2) is 9.90. The average Bonchev–Trinajstić information content (AvgIpc) is 3.02. The van der Waals surface area contributed by atoms with Crippen LogP contribution in [0.2, 0.25) is 0 Å². The molecule has 2 heterocycles. The van der Waals surface area contributed by atoms with Crippen LogP contribution >= 0.6 is 11.3 Å². The predicted molar refractivity (Wildman–Crippen MR) is 112 cm³/mol. The standard InChI is InChI=1S/C22H30N2O2S/c1-17-12-18(2)14-19(13-17)26-16-22(25)23-15-20(21-8-7-11-27-21)24-9-5-3-4-6-10-24/h7-8,11-14,20H,3-6,9-10,15-16H2,1-2H3,(H,23,25). The van der Waals surface area contributed by atoms with E-state index in [1.165, 1.54) is 30.6 Å². The summed E-state index contributed by atoms with van der Waals surface area (Å²) in [6.45, 7) is 6.98. The van der Waals surface area contributed by atoms with Crippen LogP contribution in [0.15, 0.2) is 35.7 Å². The van der Waals surface area contributed by atoms with E-state index in [4.69, 9.17) is 4.74 Å². The molecule has 1 amide bonds. The number of thiophene rings is 1. The van der Waals surface area contributed by atoms with E-state index in [-0.39, 0.29) is 18.6 Å². The molecule has 146 valence electrons. The molecule has 27 heavy (non-hydrogen) atoms. The van der Waals surface area contributed by atoms with Crippen molar-refractivity contribution in [1.29, 1.82) is 0 Å². The van der Waals surface area contributed by atoms with Crippen molar-refractivity contribution in [2.45, 2.75) is 45.6 Å². The minimum atomic E-state index is -0.0643. The van der Waals surface area contributed by atoms with Crippen LogP contribution in [0, 0.1) is 13.8 Å². The van der Waals surface area contributed by atoms with E-state index in [0.29, 0.717) is 6.54 Å². The average molecular weight is 387 g/mol. The van der Waals surface area contributed by atoms with Crippen LogP contribution in [0.3, 0.4) is 0 Å². The van der Waals surface area contributed by atoms with Crippen LogP contribution < -0.4 is 10.1 Å². The van der Waals surface area contributed by atoms with E-state index in [2.05, 4.69) is 33.8 Å². The van der Waals surface area contributed by atoms with Gasteiger partial charge in [0.1, 0.15) is 5.75 Å². The number of hydrogen-bond acceptors (Lipinski definition) is 4. The van der Waals surface area contributed by atoms with Crippen molar-refractivity contribution in [1.82, 2.24) is 10.2 Å². The highest BCUT2D eigenvalue weighted by Gasteiger charge is 2.23. The Kier molecular flexibility index (Phi) is 7.30. The van der Waals surface area contributed by atoms with E-state index >= 15 is 0 Å². The van der Waals surface area contributed by atoms with Crippen LogP contribution in [0.5, 0.6) is 5.75 Å². The van der Waals surface area contributed by atoms with Gasteiger partial charge < -0.3 is 10.1 Å². The minimum Gasteiger partial charge on any atom is -0.484 e. The van der Waals surface area contributed by atoms with Crippen LogP contribution in [0.4, 0.5) is 0 Å². The quantitative estimate of drug-likeness (QED) is 0.763. The van der Waals surface area contributed by atoms with Crippen LogP contribution in [-0.2, 0) is 4.79 Å². The minimum absolute atomic E-state index is 0.0556.